The van der Waals surface area contributed by atoms with Gasteiger partial charge in [0.1, 0.15) is 0 Å². The third-order valence-corrected chi connectivity index (χ3v) is 13.2. The minimum absolute atomic E-state index is 0.718. The number of benzene rings is 2. The molecule has 0 radical (unpaired) electrons. The van der Waals surface area contributed by atoms with Gasteiger partial charge in [-0.3, -0.25) is 0 Å². The molecule has 0 fully saturated rings. The average Bonchev–Trinajstić information content (AvgIpc) is 2.83. The summed E-state index contributed by atoms with van der Waals surface area (Å²) in [5.74, 6) is 0. The number of nitrogens with zero attached hydrogens (tertiary/aromatic N) is 2. The van der Waals surface area contributed by atoms with Crippen molar-refractivity contribution in [3.63, 3.8) is 0 Å². The second kappa shape index (κ2) is 5.80. The molecule has 3 nitrogen and oxygen atoms in total. The number of aryl methyl sites for hydroxylation is 1. The van der Waals surface area contributed by atoms with Crippen LogP contribution >= 0.6 is 0 Å². The Morgan fingerprint density at radius 1 is 0.818 bits per heavy atom. The van der Waals surface area contributed by atoms with Crippen molar-refractivity contribution in [3.8, 4) is 0 Å². The van der Waals surface area contributed by atoms with Crippen LogP contribution in [0, 0.1) is 6.92 Å². The van der Waals surface area contributed by atoms with E-state index in [2.05, 4.69) is 59.7 Å². The molecule has 112 valence electrons. The summed E-state index contributed by atoms with van der Waals surface area (Å²) in [6.45, 7) is 2.11. The molecule has 4 heteroatoms. The Morgan fingerprint density at radius 2 is 1.27 bits per heavy atom. The van der Waals surface area contributed by atoms with Crippen molar-refractivity contribution in [2.24, 2.45) is 0 Å². The Labute approximate surface area is 136 Å². The number of rotatable bonds is 3. The minimum atomic E-state index is -2.70. The van der Waals surface area contributed by atoms with Crippen molar-refractivity contribution in [2.45, 2.75) is 16.8 Å². The van der Waals surface area contributed by atoms with Crippen molar-refractivity contribution in [3.05, 3.63) is 72.1 Å². The molecule has 0 saturated heterocycles. The van der Waals surface area contributed by atoms with Gasteiger partial charge >= 0.3 is 136 Å². The fourth-order valence-corrected chi connectivity index (χ4v) is 10.4. The summed E-state index contributed by atoms with van der Waals surface area (Å²) in [5, 5.41) is 0. The van der Waals surface area contributed by atoms with E-state index in [9.17, 15) is 4.79 Å². The summed E-state index contributed by atoms with van der Waals surface area (Å²) in [4.78, 5) is 15.6. The van der Waals surface area contributed by atoms with Gasteiger partial charge in [0.2, 0.25) is 0 Å². The van der Waals surface area contributed by atoms with Gasteiger partial charge in [0.15, 0.2) is 0 Å². The van der Waals surface area contributed by atoms with Crippen molar-refractivity contribution in [1.82, 2.24) is 0 Å². The Kier molecular flexibility index (Phi) is 3.99. The zero-order valence-electron chi connectivity index (χ0n) is 13.2. The first-order valence-corrected chi connectivity index (χ1v) is 15.7. The molecule has 0 saturated carbocycles. The third-order valence-electron chi connectivity index (χ3n) is 4.16. The first-order chi connectivity index (χ1) is 10.5. The molecule has 0 N–H and O–H groups in total. The maximum absolute atomic E-state index is 10.8. The molecule has 22 heavy (non-hydrogen) atoms. The topological polar surface area (TPSA) is 23.6 Å². The van der Waals surface area contributed by atoms with Gasteiger partial charge in [-0.05, 0) is 0 Å². The van der Waals surface area contributed by atoms with Gasteiger partial charge < -0.3 is 0 Å². The Balaban J connectivity index is 1.91. The first-order valence-electron chi connectivity index (χ1n) is 7.41. The zero-order chi connectivity index (χ0) is 15.7. The Hall–Kier alpha value is -1.75. The van der Waals surface area contributed by atoms with E-state index in [4.69, 9.17) is 0 Å². The van der Waals surface area contributed by atoms with E-state index >= 15 is 0 Å². The molecule has 0 aliphatic carbocycles. The summed E-state index contributed by atoms with van der Waals surface area (Å²) in [6.07, 6.45) is 5.25. The Bertz CT molecular complexity index is 705. The molecule has 0 amide bonds. The van der Waals surface area contributed by atoms with E-state index in [1.165, 1.54) is 11.3 Å². The van der Waals surface area contributed by atoms with Crippen LogP contribution in [0.2, 0.25) is 9.88 Å². The molecule has 0 atom stereocenters. The van der Waals surface area contributed by atoms with E-state index < -0.39 is 18.9 Å². The monoisotopic (exact) mass is 400 g/mol. The van der Waals surface area contributed by atoms with E-state index in [1.54, 1.807) is 0 Å². The van der Waals surface area contributed by atoms with E-state index in [-0.39, 0.29) is 0 Å². The second-order valence-electron chi connectivity index (χ2n) is 6.08. The summed E-state index contributed by atoms with van der Waals surface area (Å²) in [5.41, 5.74) is 4.42. The van der Waals surface area contributed by atoms with Crippen LogP contribution in [0.1, 0.15) is 15.9 Å². The normalized spacial score (nSPS) is 16.1. The van der Waals surface area contributed by atoms with Gasteiger partial charge in [-0.2, -0.15) is 0 Å². The molecule has 3 rings (SSSR count). The van der Waals surface area contributed by atoms with E-state index in [0.29, 0.717) is 0 Å². The van der Waals surface area contributed by atoms with Crippen LogP contribution in [0.25, 0.3) is 0 Å². The number of hydrogen-bond acceptors (Lipinski definition) is 3. The molecular formula is C18H20N2OSn. The second-order valence-corrected chi connectivity index (χ2v) is 17.4. The summed E-state index contributed by atoms with van der Waals surface area (Å²) in [7, 11) is 0. The molecule has 0 bridgehead atoms. The number of carbonyl (C=O) groups is 1. The number of anilines is 2. The van der Waals surface area contributed by atoms with Crippen molar-refractivity contribution >= 4 is 36.6 Å². The van der Waals surface area contributed by atoms with Gasteiger partial charge in [-0.1, -0.05) is 0 Å². The van der Waals surface area contributed by atoms with E-state index in [0.717, 1.165) is 17.5 Å². The molecule has 0 spiro atoms. The molecule has 2 aromatic carbocycles. The first kappa shape index (κ1) is 15.2. The van der Waals surface area contributed by atoms with Crippen molar-refractivity contribution in [2.75, 3.05) is 6.24 Å². The van der Waals surface area contributed by atoms with Gasteiger partial charge in [0.05, 0.1) is 0 Å². The standard InChI is InChI=1S/C16H15N2O.2CH3.Sn/c1-13-2-6-15(7-3-13)17-10-11-18-16-8-4-14(12-19)5-9-16;;;/h2-12H,1H3,(H,18,19);2*1H3;/q-1;;;+2/p-1. The molecule has 0 aromatic heterocycles. The SMILES string of the molecule is Cc1ccc([N]2C=C[N](c3ccc(C=O)cc3)[Sn]2([CH3])[CH3])cc1. The van der Waals surface area contributed by atoms with Crippen LogP contribution < -0.4 is 6.24 Å². The van der Waals surface area contributed by atoms with Crippen molar-refractivity contribution < 1.29 is 4.79 Å². The van der Waals surface area contributed by atoms with Crippen molar-refractivity contribution in [1.29, 1.82) is 0 Å². The van der Waals surface area contributed by atoms with E-state index in [1.807, 2.05) is 24.3 Å². The predicted molar refractivity (Wildman–Crippen MR) is 94.6 cm³/mol. The van der Waals surface area contributed by atoms with Crippen LogP contribution in [-0.2, 0) is 0 Å². The van der Waals surface area contributed by atoms with Crippen LogP contribution in [0.15, 0.2) is 60.9 Å². The van der Waals surface area contributed by atoms with Crippen LogP contribution in [-0.4, -0.2) is 25.2 Å². The van der Waals surface area contributed by atoms with Gasteiger partial charge in [0, 0.05) is 0 Å². The number of carbonyl (C=O) groups excluding carboxylic acids is 1. The molecule has 0 unspecified atom stereocenters. The number of hydrogen-bond donors (Lipinski definition) is 0. The van der Waals surface area contributed by atoms with Gasteiger partial charge in [0.25, 0.3) is 0 Å². The van der Waals surface area contributed by atoms with Crippen LogP contribution in [0.3, 0.4) is 0 Å². The van der Waals surface area contributed by atoms with Crippen LogP contribution in [0.4, 0.5) is 11.4 Å². The van der Waals surface area contributed by atoms with Gasteiger partial charge in [-0.15, -0.1) is 0 Å². The predicted octanol–water partition coefficient (Wildman–Crippen LogP) is 4.31. The average molecular weight is 399 g/mol. The quantitative estimate of drug-likeness (QED) is 0.568. The summed E-state index contributed by atoms with van der Waals surface area (Å²) in [6, 6.07) is 16.5. The molecule has 1 aliphatic heterocycles. The van der Waals surface area contributed by atoms with Crippen LogP contribution in [0.5, 0.6) is 0 Å². The Morgan fingerprint density at radius 3 is 1.73 bits per heavy atom. The fourth-order valence-electron chi connectivity index (χ4n) is 2.84. The summed E-state index contributed by atoms with van der Waals surface area (Å²) < 4.78 is 4.88. The molecule has 1 aliphatic rings. The zero-order valence-corrected chi connectivity index (χ0v) is 16.0. The fraction of sp³-hybridized carbons (Fsp3) is 0.167. The molecule has 1 heterocycles. The third kappa shape index (κ3) is 2.65. The van der Waals surface area contributed by atoms with Gasteiger partial charge in [-0.25, -0.2) is 0 Å². The summed E-state index contributed by atoms with van der Waals surface area (Å²) >= 11 is -2.70. The molecule has 2 aromatic rings. The number of aldehydes is 1. The maximum atomic E-state index is 10.8. The molecular weight excluding hydrogens is 379 g/mol.